The lowest BCUT2D eigenvalue weighted by Gasteiger charge is -2.31. The first kappa shape index (κ1) is 14.9. The first-order valence-electron chi connectivity index (χ1n) is 7.33. The van der Waals surface area contributed by atoms with Gasteiger partial charge < -0.3 is 15.0 Å². The van der Waals surface area contributed by atoms with E-state index in [0.717, 1.165) is 13.2 Å². The highest BCUT2D eigenvalue weighted by atomic mass is 16.5. The molecule has 1 heterocycles. The van der Waals surface area contributed by atoms with Crippen LogP contribution in [0, 0.1) is 0 Å². The molecular formula is C14H30N2O. The largest absolute Gasteiger partial charge is 0.378 e. The van der Waals surface area contributed by atoms with Crippen LogP contribution in [-0.4, -0.2) is 49.8 Å². The van der Waals surface area contributed by atoms with Crippen molar-refractivity contribution in [2.45, 2.75) is 58.6 Å². The van der Waals surface area contributed by atoms with Crippen molar-refractivity contribution in [3.63, 3.8) is 0 Å². The van der Waals surface area contributed by atoms with Gasteiger partial charge in [-0.15, -0.1) is 0 Å². The summed E-state index contributed by atoms with van der Waals surface area (Å²) < 4.78 is 5.67. The lowest BCUT2D eigenvalue weighted by Crippen LogP contribution is -2.38. The second-order valence-electron chi connectivity index (χ2n) is 5.10. The van der Waals surface area contributed by atoms with E-state index in [4.69, 9.17) is 4.74 Å². The second-order valence-corrected chi connectivity index (χ2v) is 5.10. The molecule has 1 fully saturated rings. The minimum atomic E-state index is 0.525. The number of piperidine rings is 1. The summed E-state index contributed by atoms with van der Waals surface area (Å²) in [7, 11) is 0. The van der Waals surface area contributed by atoms with Crippen molar-refractivity contribution < 1.29 is 4.74 Å². The van der Waals surface area contributed by atoms with Crippen LogP contribution in [-0.2, 0) is 4.74 Å². The second kappa shape index (κ2) is 8.90. The molecule has 3 heteroatoms. The third-order valence-corrected chi connectivity index (χ3v) is 3.60. The number of nitrogens with one attached hydrogen (secondary N) is 1. The third-order valence-electron chi connectivity index (χ3n) is 3.60. The normalized spacial score (nSPS) is 20.6. The van der Waals surface area contributed by atoms with E-state index in [1.54, 1.807) is 0 Å². The summed E-state index contributed by atoms with van der Waals surface area (Å²) >= 11 is 0. The molecule has 0 spiro atoms. The van der Waals surface area contributed by atoms with E-state index in [9.17, 15) is 0 Å². The van der Waals surface area contributed by atoms with Crippen LogP contribution in [0.25, 0.3) is 0 Å². The number of rotatable bonds is 8. The van der Waals surface area contributed by atoms with E-state index >= 15 is 0 Å². The molecule has 1 aliphatic rings. The number of nitrogens with zero attached hydrogens (tertiary/aromatic N) is 1. The van der Waals surface area contributed by atoms with Gasteiger partial charge in [0.2, 0.25) is 0 Å². The fraction of sp³-hybridized carbons (Fsp3) is 1.00. The van der Waals surface area contributed by atoms with Crippen LogP contribution in [0.4, 0.5) is 0 Å². The van der Waals surface area contributed by atoms with Crippen molar-refractivity contribution in [3.8, 4) is 0 Å². The van der Waals surface area contributed by atoms with Crippen molar-refractivity contribution in [2.75, 3.05) is 32.8 Å². The van der Waals surface area contributed by atoms with Gasteiger partial charge >= 0.3 is 0 Å². The maximum absolute atomic E-state index is 5.67. The van der Waals surface area contributed by atoms with E-state index in [1.807, 2.05) is 0 Å². The number of hydrogen-bond acceptors (Lipinski definition) is 3. The van der Waals surface area contributed by atoms with E-state index in [-0.39, 0.29) is 0 Å². The van der Waals surface area contributed by atoms with Crippen LogP contribution in [0.1, 0.15) is 46.5 Å². The molecule has 0 saturated carbocycles. The van der Waals surface area contributed by atoms with Gasteiger partial charge in [-0.05, 0) is 52.6 Å². The van der Waals surface area contributed by atoms with Gasteiger partial charge in [0.1, 0.15) is 0 Å². The predicted molar refractivity (Wildman–Crippen MR) is 73.5 cm³/mol. The van der Waals surface area contributed by atoms with E-state index in [1.165, 1.54) is 45.3 Å². The molecule has 1 N–H and O–H groups in total. The molecule has 102 valence electrons. The lowest BCUT2D eigenvalue weighted by atomic mass is 10.1. The summed E-state index contributed by atoms with van der Waals surface area (Å²) in [6.45, 7) is 12.2. The maximum Gasteiger partial charge on any atom is 0.0599 e. The highest BCUT2D eigenvalue weighted by molar-refractivity contribution is 4.73. The van der Waals surface area contributed by atoms with Crippen LogP contribution in [0.2, 0.25) is 0 Å². The fourth-order valence-electron chi connectivity index (χ4n) is 2.61. The fourth-order valence-corrected chi connectivity index (χ4v) is 2.61. The molecule has 0 aliphatic carbocycles. The molecule has 1 saturated heterocycles. The lowest BCUT2D eigenvalue weighted by molar-refractivity contribution is 0.0139. The summed E-state index contributed by atoms with van der Waals surface area (Å²) in [5.41, 5.74) is 0. The molecule has 1 rings (SSSR count). The minimum absolute atomic E-state index is 0.525. The molecule has 0 amide bonds. The number of ether oxygens (including phenoxy) is 1. The highest BCUT2D eigenvalue weighted by Gasteiger charge is 2.18. The Morgan fingerprint density at radius 3 is 2.59 bits per heavy atom. The Bertz CT molecular complexity index is 179. The van der Waals surface area contributed by atoms with Gasteiger partial charge in [-0.1, -0.05) is 6.92 Å². The van der Waals surface area contributed by atoms with Crippen LogP contribution in [0.5, 0.6) is 0 Å². The SMILES string of the molecule is CCNC(C)CCCN1CCC(OCC)CC1. The molecule has 1 atom stereocenters. The Morgan fingerprint density at radius 2 is 2.00 bits per heavy atom. The first-order valence-corrected chi connectivity index (χ1v) is 7.33. The topological polar surface area (TPSA) is 24.5 Å². The Morgan fingerprint density at radius 1 is 1.29 bits per heavy atom. The molecule has 0 radical (unpaired) electrons. The van der Waals surface area contributed by atoms with Crippen molar-refractivity contribution in [3.05, 3.63) is 0 Å². The monoisotopic (exact) mass is 242 g/mol. The maximum atomic E-state index is 5.67. The van der Waals surface area contributed by atoms with Gasteiger partial charge in [0.05, 0.1) is 6.10 Å². The van der Waals surface area contributed by atoms with E-state index in [2.05, 4.69) is 31.0 Å². The smallest absolute Gasteiger partial charge is 0.0599 e. The number of hydrogen-bond donors (Lipinski definition) is 1. The zero-order valence-corrected chi connectivity index (χ0v) is 11.9. The Balaban J connectivity index is 2.02. The molecule has 17 heavy (non-hydrogen) atoms. The molecular weight excluding hydrogens is 212 g/mol. The zero-order chi connectivity index (χ0) is 12.5. The van der Waals surface area contributed by atoms with E-state index in [0.29, 0.717) is 12.1 Å². The van der Waals surface area contributed by atoms with Gasteiger partial charge in [0, 0.05) is 25.7 Å². The molecule has 3 nitrogen and oxygen atoms in total. The minimum Gasteiger partial charge on any atom is -0.378 e. The average molecular weight is 242 g/mol. The Kier molecular flexibility index (Phi) is 7.82. The molecule has 0 bridgehead atoms. The summed E-state index contributed by atoms with van der Waals surface area (Å²) in [6.07, 6.45) is 5.57. The highest BCUT2D eigenvalue weighted by Crippen LogP contribution is 2.14. The van der Waals surface area contributed by atoms with Gasteiger partial charge in [-0.3, -0.25) is 0 Å². The molecule has 1 unspecified atom stereocenters. The molecule has 0 aromatic carbocycles. The Hall–Kier alpha value is -0.120. The van der Waals surface area contributed by atoms with Gasteiger partial charge in [0.25, 0.3) is 0 Å². The van der Waals surface area contributed by atoms with Crippen LogP contribution < -0.4 is 5.32 Å². The zero-order valence-electron chi connectivity index (χ0n) is 11.9. The molecule has 1 aliphatic heterocycles. The van der Waals surface area contributed by atoms with Crippen LogP contribution >= 0.6 is 0 Å². The van der Waals surface area contributed by atoms with Crippen molar-refractivity contribution in [2.24, 2.45) is 0 Å². The summed E-state index contributed by atoms with van der Waals surface area (Å²) in [4.78, 5) is 2.59. The summed E-state index contributed by atoms with van der Waals surface area (Å²) in [5.74, 6) is 0. The predicted octanol–water partition coefficient (Wildman–Crippen LogP) is 2.27. The van der Waals surface area contributed by atoms with Crippen molar-refractivity contribution >= 4 is 0 Å². The summed E-state index contributed by atoms with van der Waals surface area (Å²) in [5, 5.41) is 3.47. The van der Waals surface area contributed by atoms with E-state index < -0.39 is 0 Å². The van der Waals surface area contributed by atoms with Crippen molar-refractivity contribution in [1.29, 1.82) is 0 Å². The number of likely N-dealkylation sites (tertiary alicyclic amines) is 1. The van der Waals surface area contributed by atoms with Crippen LogP contribution in [0.15, 0.2) is 0 Å². The molecule has 0 aromatic rings. The van der Waals surface area contributed by atoms with Crippen molar-refractivity contribution in [1.82, 2.24) is 10.2 Å². The third kappa shape index (κ3) is 6.39. The van der Waals surface area contributed by atoms with Gasteiger partial charge in [-0.25, -0.2) is 0 Å². The summed E-state index contributed by atoms with van der Waals surface area (Å²) in [6, 6.07) is 0.668. The first-order chi connectivity index (χ1) is 8.26. The Labute approximate surface area is 107 Å². The van der Waals surface area contributed by atoms with Gasteiger partial charge in [0.15, 0.2) is 0 Å². The molecule has 0 aromatic heterocycles. The van der Waals surface area contributed by atoms with Crippen LogP contribution in [0.3, 0.4) is 0 Å². The van der Waals surface area contributed by atoms with Gasteiger partial charge in [-0.2, -0.15) is 0 Å². The average Bonchev–Trinajstić information content (AvgIpc) is 2.32. The quantitative estimate of drug-likeness (QED) is 0.706. The standard InChI is InChI=1S/C14H30N2O/c1-4-15-13(3)7-6-10-16-11-8-14(9-12-16)17-5-2/h13-15H,4-12H2,1-3H3.